The third-order valence-corrected chi connectivity index (χ3v) is 4.55. The molecule has 7 nitrogen and oxygen atoms in total. The van der Waals surface area contributed by atoms with E-state index in [9.17, 15) is 5.11 Å². The van der Waals surface area contributed by atoms with E-state index in [1.165, 1.54) is 0 Å². The normalized spacial score (nSPS) is 19.4. The molecule has 0 aromatic heterocycles. The van der Waals surface area contributed by atoms with Crippen LogP contribution in [-0.2, 0) is 0 Å². The highest BCUT2D eigenvalue weighted by Crippen LogP contribution is 2.27. The summed E-state index contributed by atoms with van der Waals surface area (Å²) in [7, 11) is 3.24. The molecule has 1 fully saturated rings. The van der Waals surface area contributed by atoms with Crippen LogP contribution in [-0.4, -0.2) is 57.1 Å². The van der Waals surface area contributed by atoms with Crippen molar-refractivity contribution in [3.63, 3.8) is 0 Å². The van der Waals surface area contributed by atoms with Crippen LogP contribution in [0.4, 0.5) is 0 Å². The second-order valence-electron chi connectivity index (χ2n) is 6.66. The van der Waals surface area contributed by atoms with Crippen molar-refractivity contribution >= 4 is 29.9 Å². The van der Waals surface area contributed by atoms with Crippen LogP contribution in [0.3, 0.4) is 0 Å². The second kappa shape index (κ2) is 13.7. The highest BCUT2D eigenvalue weighted by molar-refractivity contribution is 14.0. The van der Waals surface area contributed by atoms with Crippen molar-refractivity contribution in [2.24, 2.45) is 4.99 Å². The number of aliphatic hydroxyl groups is 1. The van der Waals surface area contributed by atoms with Gasteiger partial charge in [0.1, 0.15) is 17.2 Å². The van der Waals surface area contributed by atoms with Crippen LogP contribution in [0.15, 0.2) is 23.2 Å². The van der Waals surface area contributed by atoms with Gasteiger partial charge >= 0.3 is 0 Å². The van der Waals surface area contributed by atoms with E-state index < -0.39 is 0 Å². The smallest absolute Gasteiger partial charge is 0.191 e. The van der Waals surface area contributed by atoms with Gasteiger partial charge in [0.25, 0.3) is 0 Å². The van der Waals surface area contributed by atoms with Gasteiger partial charge in [-0.1, -0.05) is 0 Å². The van der Waals surface area contributed by atoms with Gasteiger partial charge in [-0.15, -0.1) is 24.0 Å². The molecule has 1 saturated carbocycles. The molecule has 28 heavy (non-hydrogen) atoms. The molecule has 8 heteroatoms. The summed E-state index contributed by atoms with van der Waals surface area (Å²) in [5.41, 5.74) is 0. The molecule has 1 aliphatic carbocycles. The molecule has 0 aliphatic heterocycles. The Hall–Kier alpha value is -1.42. The van der Waals surface area contributed by atoms with E-state index in [2.05, 4.69) is 22.5 Å². The van der Waals surface area contributed by atoms with Gasteiger partial charge in [-0.25, -0.2) is 0 Å². The first kappa shape index (κ1) is 24.6. The summed E-state index contributed by atoms with van der Waals surface area (Å²) < 4.78 is 16.3. The molecule has 0 atom stereocenters. The summed E-state index contributed by atoms with van der Waals surface area (Å²) in [5.74, 6) is 2.97. The number of aliphatic imine (C=N–C) groups is 1. The fourth-order valence-electron chi connectivity index (χ4n) is 3.04. The van der Waals surface area contributed by atoms with Gasteiger partial charge in [-0.05, 0) is 32.6 Å². The van der Waals surface area contributed by atoms with Gasteiger partial charge in [0, 0.05) is 43.8 Å². The van der Waals surface area contributed by atoms with Crippen molar-refractivity contribution in [1.29, 1.82) is 0 Å². The molecule has 1 aliphatic rings. The lowest BCUT2D eigenvalue weighted by Gasteiger charge is -2.27. The molecular formula is C20H34IN3O4. The number of aliphatic hydroxyl groups excluding tert-OH is 1. The summed E-state index contributed by atoms with van der Waals surface area (Å²) in [6.07, 6.45) is 4.33. The van der Waals surface area contributed by atoms with E-state index in [0.29, 0.717) is 30.7 Å². The lowest BCUT2D eigenvalue weighted by Crippen LogP contribution is -2.45. The molecule has 160 valence electrons. The maximum atomic E-state index is 9.62. The zero-order chi connectivity index (χ0) is 19.5. The molecule has 3 N–H and O–H groups in total. The third-order valence-electron chi connectivity index (χ3n) is 4.55. The minimum atomic E-state index is -0.144. The van der Waals surface area contributed by atoms with Crippen LogP contribution in [0.2, 0.25) is 0 Å². The molecule has 0 heterocycles. The molecule has 0 spiro atoms. The van der Waals surface area contributed by atoms with Crippen LogP contribution in [0.5, 0.6) is 17.2 Å². The highest BCUT2D eigenvalue weighted by Gasteiger charge is 2.19. The van der Waals surface area contributed by atoms with Gasteiger partial charge in [0.2, 0.25) is 0 Å². The van der Waals surface area contributed by atoms with E-state index >= 15 is 0 Å². The first-order valence-electron chi connectivity index (χ1n) is 9.73. The Bertz CT molecular complexity index is 571. The minimum Gasteiger partial charge on any atom is -0.496 e. The van der Waals surface area contributed by atoms with E-state index in [4.69, 9.17) is 14.2 Å². The Kier molecular flexibility index (Phi) is 12.1. The molecular weight excluding hydrogens is 473 g/mol. The van der Waals surface area contributed by atoms with Crippen LogP contribution in [0, 0.1) is 0 Å². The predicted molar refractivity (Wildman–Crippen MR) is 122 cm³/mol. The summed E-state index contributed by atoms with van der Waals surface area (Å²) in [6, 6.07) is 5.88. The fraction of sp³-hybridized carbons (Fsp3) is 0.650. The van der Waals surface area contributed by atoms with Crippen molar-refractivity contribution in [1.82, 2.24) is 10.6 Å². The van der Waals surface area contributed by atoms with E-state index in [1.807, 2.05) is 18.2 Å². The molecule has 0 radical (unpaired) electrons. The third kappa shape index (κ3) is 8.72. The van der Waals surface area contributed by atoms with Crippen molar-refractivity contribution in [2.75, 3.05) is 33.9 Å². The zero-order valence-electron chi connectivity index (χ0n) is 17.1. The fourth-order valence-corrected chi connectivity index (χ4v) is 3.04. The number of hydrogen-bond acceptors (Lipinski definition) is 5. The summed E-state index contributed by atoms with van der Waals surface area (Å²) >= 11 is 0. The number of methoxy groups -OCH3 is 2. The maximum absolute atomic E-state index is 9.62. The number of rotatable bonds is 9. The Morgan fingerprint density at radius 2 is 1.68 bits per heavy atom. The van der Waals surface area contributed by atoms with Crippen molar-refractivity contribution in [2.45, 2.75) is 51.2 Å². The summed E-state index contributed by atoms with van der Waals surface area (Å²) in [6.45, 7) is 4.11. The Morgan fingerprint density at radius 1 is 1.07 bits per heavy atom. The number of benzene rings is 1. The van der Waals surface area contributed by atoms with Gasteiger partial charge in [0.05, 0.1) is 26.9 Å². The molecule has 0 bridgehead atoms. The van der Waals surface area contributed by atoms with E-state index in [0.717, 1.165) is 50.4 Å². The van der Waals surface area contributed by atoms with Crippen LogP contribution < -0.4 is 24.8 Å². The average molecular weight is 507 g/mol. The molecule has 0 unspecified atom stereocenters. The topological polar surface area (TPSA) is 84.3 Å². The van der Waals surface area contributed by atoms with Crippen molar-refractivity contribution < 1.29 is 19.3 Å². The first-order chi connectivity index (χ1) is 13.1. The Balaban J connectivity index is 0.00000392. The lowest BCUT2D eigenvalue weighted by atomic mass is 9.93. The Labute approximate surface area is 185 Å². The van der Waals surface area contributed by atoms with Crippen molar-refractivity contribution in [3.8, 4) is 17.2 Å². The van der Waals surface area contributed by atoms with Gasteiger partial charge < -0.3 is 30.0 Å². The molecule has 0 saturated heterocycles. The largest absolute Gasteiger partial charge is 0.496 e. The molecule has 0 amide bonds. The number of nitrogens with one attached hydrogen (secondary N) is 2. The zero-order valence-corrected chi connectivity index (χ0v) is 19.4. The monoisotopic (exact) mass is 507 g/mol. The SMILES string of the molecule is CCNC(=NCCCOc1cc(OC)cc(OC)c1)NC1CCC(O)CC1.I. The lowest BCUT2D eigenvalue weighted by molar-refractivity contribution is 0.120. The first-order valence-corrected chi connectivity index (χ1v) is 9.73. The summed E-state index contributed by atoms with van der Waals surface area (Å²) in [4.78, 5) is 4.63. The standard InChI is InChI=1S/C20H33N3O4.HI/c1-4-21-20(23-15-6-8-16(24)9-7-15)22-10-5-11-27-19-13-17(25-2)12-18(14-19)26-3;/h12-16,24H,4-11H2,1-3H3,(H2,21,22,23);1H. The number of guanidine groups is 1. The van der Waals surface area contributed by atoms with Crippen LogP contribution in [0.1, 0.15) is 39.0 Å². The van der Waals surface area contributed by atoms with Gasteiger partial charge in [-0.2, -0.15) is 0 Å². The van der Waals surface area contributed by atoms with Crippen molar-refractivity contribution in [3.05, 3.63) is 18.2 Å². The van der Waals surface area contributed by atoms with Gasteiger partial charge in [0.15, 0.2) is 5.96 Å². The molecule has 2 rings (SSSR count). The summed E-state index contributed by atoms with van der Waals surface area (Å²) in [5, 5.41) is 16.4. The predicted octanol–water partition coefficient (Wildman–Crippen LogP) is 2.95. The minimum absolute atomic E-state index is 0. The average Bonchev–Trinajstić information content (AvgIpc) is 2.69. The van der Waals surface area contributed by atoms with Gasteiger partial charge in [-0.3, -0.25) is 4.99 Å². The number of halogens is 1. The quantitative estimate of drug-likeness (QED) is 0.206. The second-order valence-corrected chi connectivity index (χ2v) is 6.66. The number of hydrogen-bond donors (Lipinski definition) is 3. The van der Waals surface area contributed by atoms with Crippen LogP contribution >= 0.6 is 24.0 Å². The number of ether oxygens (including phenoxy) is 3. The Morgan fingerprint density at radius 3 is 2.25 bits per heavy atom. The van der Waals surface area contributed by atoms with E-state index in [1.54, 1.807) is 14.2 Å². The molecule has 1 aromatic rings. The number of nitrogens with zero attached hydrogens (tertiary/aromatic N) is 1. The highest BCUT2D eigenvalue weighted by atomic mass is 127. The maximum Gasteiger partial charge on any atom is 0.191 e. The molecule has 1 aromatic carbocycles. The van der Waals surface area contributed by atoms with E-state index in [-0.39, 0.29) is 30.1 Å². The van der Waals surface area contributed by atoms with Crippen LogP contribution in [0.25, 0.3) is 0 Å².